The van der Waals surface area contributed by atoms with Gasteiger partial charge < -0.3 is 19.3 Å². The van der Waals surface area contributed by atoms with Crippen LogP contribution in [0.3, 0.4) is 0 Å². The average molecular weight is 617 g/mol. The van der Waals surface area contributed by atoms with Crippen molar-refractivity contribution in [1.82, 2.24) is 34.9 Å². The van der Waals surface area contributed by atoms with Crippen LogP contribution in [0.1, 0.15) is 57.6 Å². The number of likely N-dealkylation sites (tertiary alicyclic amines) is 1. The second-order valence-electron chi connectivity index (χ2n) is 14.1. The van der Waals surface area contributed by atoms with Gasteiger partial charge in [-0.15, -0.1) is 10.2 Å². The minimum Gasteiger partial charge on any atom is -0.434 e. The summed E-state index contributed by atoms with van der Waals surface area (Å²) in [7, 11) is 4.01. The lowest BCUT2D eigenvalue weighted by Gasteiger charge is -2.57. The second-order valence-corrected chi connectivity index (χ2v) is 14.1. The first kappa shape index (κ1) is 30.4. The SMILES string of the molecule is COCCN(C)C1CC([C@@H](C(C)C)N2CC3(CCN(c4ncnnc4Oc4ccc(F)cc4-c4cncnc4C4CC4)C3)C2)C1. The topological polar surface area (TPSA) is 92.6 Å². The van der Waals surface area contributed by atoms with Crippen molar-refractivity contribution in [3.8, 4) is 22.8 Å². The number of aromatic nitrogens is 5. The third-order valence-electron chi connectivity index (χ3n) is 10.5. The molecule has 10 nitrogen and oxygen atoms in total. The molecule has 2 aliphatic heterocycles. The lowest BCUT2D eigenvalue weighted by molar-refractivity contribution is -0.0789. The average Bonchev–Trinajstić information content (AvgIpc) is 3.75. The van der Waals surface area contributed by atoms with E-state index in [0.29, 0.717) is 46.9 Å². The fraction of sp³-hybridized carbons (Fsp3) is 0.618. The number of hydrogen-bond donors (Lipinski definition) is 0. The summed E-state index contributed by atoms with van der Waals surface area (Å²) < 4.78 is 26.2. The molecule has 1 atom stereocenters. The van der Waals surface area contributed by atoms with Gasteiger partial charge in [0.1, 0.15) is 24.2 Å². The Morgan fingerprint density at radius 3 is 2.67 bits per heavy atom. The van der Waals surface area contributed by atoms with Crippen LogP contribution in [0.15, 0.2) is 37.1 Å². The highest BCUT2D eigenvalue weighted by atomic mass is 19.1. The van der Waals surface area contributed by atoms with E-state index in [2.05, 4.69) is 60.7 Å². The van der Waals surface area contributed by atoms with Crippen molar-refractivity contribution in [2.45, 2.75) is 64.0 Å². The van der Waals surface area contributed by atoms with Crippen LogP contribution in [-0.2, 0) is 4.74 Å². The fourth-order valence-electron chi connectivity index (χ4n) is 8.03. The quantitative estimate of drug-likeness (QED) is 0.276. The number of rotatable bonds is 12. The molecule has 0 bridgehead atoms. The maximum Gasteiger partial charge on any atom is 0.282 e. The molecule has 4 heterocycles. The highest BCUT2D eigenvalue weighted by molar-refractivity contribution is 5.73. The van der Waals surface area contributed by atoms with Gasteiger partial charge in [0.15, 0.2) is 5.82 Å². The summed E-state index contributed by atoms with van der Waals surface area (Å²) in [5.74, 6) is 2.92. The molecule has 0 radical (unpaired) electrons. The van der Waals surface area contributed by atoms with E-state index in [1.54, 1.807) is 25.7 Å². The molecule has 2 saturated carbocycles. The molecule has 0 unspecified atom stereocenters. The molecule has 3 aromatic rings. The van der Waals surface area contributed by atoms with Gasteiger partial charge in [-0.25, -0.2) is 19.3 Å². The van der Waals surface area contributed by atoms with Crippen LogP contribution < -0.4 is 9.64 Å². The summed E-state index contributed by atoms with van der Waals surface area (Å²) in [4.78, 5) is 20.9. The number of ether oxygens (including phenoxy) is 2. The van der Waals surface area contributed by atoms with Crippen LogP contribution in [0.5, 0.6) is 11.6 Å². The lowest BCUT2D eigenvalue weighted by atomic mass is 9.68. The molecule has 11 heteroatoms. The van der Waals surface area contributed by atoms with Gasteiger partial charge in [0.25, 0.3) is 5.88 Å². The second kappa shape index (κ2) is 12.5. The number of hydrogen-bond acceptors (Lipinski definition) is 10. The number of benzene rings is 1. The summed E-state index contributed by atoms with van der Waals surface area (Å²) in [6.45, 7) is 10.6. The first-order valence-corrected chi connectivity index (χ1v) is 16.5. The molecular weight excluding hydrogens is 571 g/mol. The number of nitrogens with zero attached hydrogens (tertiary/aromatic N) is 8. The molecule has 45 heavy (non-hydrogen) atoms. The Morgan fingerprint density at radius 1 is 1.09 bits per heavy atom. The van der Waals surface area contributed by atoms with E-state index in [-0.39, 0.29) is 11.2 Å². The largest absolute Gasteiger partial charge is 0.434 e. The van der Waals surface area contributed by atoms with Crippen LogP contribution in [0, 0.1) is 23.1 Å². The van der Waals surface area contributed by atoms with Crippen LogP contribution in [-0.4, -0.2) is 101 Å². The molecule has 4 fully saturated rings. The number of methoxy groups -OCH3 is 1. The zero-order chi connectivity index (χ0) is 31.1. The van der Waals surface area contributed by atoms with Gasteiger partial charge in [-0.3, -0.25) is 4.90 Å². The van der Waals surface area contributed by atoms with E-state index in [1.807, 2.05) is 0 Å². The van der Waals surface area contributed by atoms with Crippen molar-refractivity contribution in [1.29, 1.82) is 0 Å². The summed E-state index contributed by atoms with van der Waals surface area (Å²) in [5, 5.41) is 8.42. The van der Waals surface area contributed by atoms with Crippen molar-refractivity contribution in [2.24, 2.45) is 17.3 Å². The highest BCUT2D eigenvalue weighted by Crippen LogP contribution is 2.49. The predicted molar refractivity (Wildman–Crippen MR) is 170 cm³/mol. The summed E-state index contributed by atoms with van der Waals surface area (Å²) in [6, 6.07) is 5.84. The van der Waals surface area contributed by atoms with E-state index >= 15 is 0 Å². The van der Waals surface area contributed by atoms with Crippen LogP contribution in [0.4, 0.5) is 10.2 Å². The summed E-state index contributed by atoms with van der Waals surface area (Å²) in [6.07, 6.45) is 10.6. The van der Waals surface area contributed by atoms with Gasteiger partial charge in [0, 0.05) is 80.6 Å². The Morgan fingerprint density at radius 2 is 1.91 bits per heavy atom. The van der Waals surface area contributed by atoms with Crippen molar-refractivity contribution in [3.05, 3.63) is 48.6 Å². The number of anilines is 1. The maximum absolute atomic E-state index is 14.5. The van der Waals surface area contributed by atoms with Crippen molar-refractivity contribution < 1.29 is 13.9 Å². The van der Waals surface area contributed by atoms with Crippen molar-refractivity contribution in [3.63, 3.8) is 0 Å². The molecule has 4 aliphatic rings. The zero-order valence-corrected chi connectivity index (χ0v) is 26.9. The molecule has 0 N–H and O–H groups in total. The first-order chi connectivity index (χ1) is 21.8. The third-order valence-corrected chi connectivity index (χ3v) is 10.5. The summed E-state index contributed by atoms with van der Waals surface area (Å²) >= 11 is 0. The smallest absolute Gasteiger partial charge is 0.282 e. The van der Waals surface area contributed by atoms with Crippen LogP contribution in [0.2, 0.25) is 0 Å². The van der Waals surface area contributed by atoms with Gasteiger partial charge in [-0.1, -0.05) is 13.8 Å². The Hall–Kier alpha value is -3.28. The molecule has 7 rings (SSSR count). The normalized spacial score (nSPS) is 23.4. The Bertz CT molecular complexity index is 1490. The zero-order valence-electron chi connectivity index (χ0n) is 26.9. The minimum absolute atomic E-state index is 0.245. The molecule has 2 aliphatic carbocycles. The van der Waals surface area contributed by atoms with Crippen LogP contribution >= 0.6 is 0 Å². The summed E-state index contributed by atoms with van der Waals surface area (Å²) in [5.41, 5.74) is 2.59. The number of likely N-dealkylation sites (N-methyl/N-ethyl adjacent to an activating group) is 1. The lowest BCUT2D eigenvalue weighted by Crippen LogP contribution is -2.65. The van der Waals surface area contributed by atoms with E-state index in [1.165, 1.54) is 31.3 Å². The van der Waals surface area contributed by atoms with Gasteiger partial charge >= 0.3 is 0 Å². The molecule has 1 spiro atoms. The molecule has 1 aromatic carbocycles. The maximum atomic E-state index is 14.5. The van der Waals surface area contributed by atoms with E-state index in [9.17, 15) is 4.39 Å². The van der Waals surface area contributed by atoms with Crippen molar-refractivity contribution >= 4 is 5.82 Å². The molecular formula is C34H45FN8O2. The van der Waals surface area contributed by atoms with Gasteiger partial charge in [0.2, 0.25) is 0 Å². The monoisotopic (exact) mass is 616 g/mol. The third kappa shape index (κ3) is 6.14. The number of halogens is 1. The minimum atomic E-state index is -0.341. The molecule has 240 valence electrons. The Labute approximate surface area is 265 Å². The predicted octanol–water partition coefficient (Wildman–Crippen LogP) is 5.03. The van der Waals surface area contributed by atoms with E-state index < -0.39 is 0 Å². The molecule has 0 amide bonds. The van der Waals surface area contributed by atoms with Gasteiger partial charge in [0.05, 0.1) is 12.3 Å². The first-order valence-electron chi connectivity index (χ1n) is 16.5. The molecule has 2 aromatic heterocycles. The Kier molecular flexibility index (Phi) is 8.43. The van der Waals surface area contributed by atoms with Crippen molar-refractivity contribution in [2.75, 3.05) is 58.4 Å². The van der Waals surface area contributed by atoms with E-state index in [0.717, 1.165) is 75.8 Å². The standard InChI is InChI=1S/C34H45FN8O2/c1-22(2)31(24-13-26(14-24)41(3)11-12-44-4)43-18-34(19-43)9-10-42(17-34)32-33(40-39-21-38-32)45-29-8-7-25(35)15-27(29)28-16-36-20-37-30(28)23-5-6-23/h7-8,15-16,20-24,26,31H,5-6,9-14,17-19H2,1-4H3/t24?,26?,31-/m1/s1. The van der Waals surface area contributed by atoms with E-state index in [4.69, 9.17) is 9.47 Å². The van der Waals surface area contributed by atoms with Gasteiger partial charge in [-0.2, -0.15) is 0 Å². The highest BCUT2D eigenvalue weighted by Gasteiger charge is 2.53. The van der Waals surface area contributed by atoms with Gasteiger partial charge in [-0.05, 0) is 69.2 Å². The fourth-order valence-corrected chi connectivity index (χ4v) is 8.03. The van der Waals surface area contributed by atoms with Crippen LogP contribution in [0.25, 0.3) is 11.1 Å². The Balaban J connectivity index is 1.03. The molecule has 2 saturated heterocycles.